The number of benzene rings is 1. The van der Waals surface area contributed by atoms with Gasteiger partial charge in [-0.05, 0) is 58.7 Å². The number of hydrogen-bond acceptors (Lipinski definition) is 7. The average molecular weight is 439 g/mol. The van der Waals surface area contributed by atoms with Crippen molar-refractivity contribution in [1.82, 2.24) is 20.7 Å². The normalized spacial score (nSPS) is 13.4. The van der Waals surface area contributed by atoms with Gasteiger partial charge in [0.1, 0.15) is 16.3 Å². The maximum Gasteiger partial charge on any atom is 0.279 e. The van der Waals surface area contributed by atoms with Gasteiger partial charge in [0.15, 0.2) is 11.9 Å². The molecule has 1 heterocycles. The van der Waals surface area contributed by atoms with Gasteiger partial charge in [-0.2, -0.15) is 4.72 Å². The van der Waals surface area contributed by atoms with Crippen LogP contribution in [-0.2, 0) is 19.6 Å². The van der Waals surface area contributed by atoms with Crippen LogP contribution in [-0.4, -0.2) is 37.5 Å². The quantitative estimate of drug-likeness (QED) is 0.552. The molecule has 0 aliphatic rings. The number of aryl methyl sites for hydroxylation is 3. The van der Waals surface area contributed by atoms with Crippen LogP contribution in [0.2, 0.25) is 0 Å². The van der Waals surface area contributed by atoms with Crippen LogP contribution in [0, 0.1) is 27.7 Å². The van der Waals surface area contributed by atoms with Crippen molar-refractivity contribution < 1.29 is 27.3 Å². The summed E-state index contributed by atoms with van der Waals surface area (Å²) in [5.41, 5.74) is 6.53. The van der Waals surface area contributed by atoms with E-state index in [0.29, 0.717) is 5.75 Å². The van der Waals surface area contributed by atoms with Gasteiger partial charge in [0.25, 0.3) is 11.8 Å². The average Bonchev–Trinajstić information content (AvgIpc) is 3.01. The molecule has 0 aliphatic carbocycles. The molecule has 0 saturated heterocycles. The SMILES string of the molecule is Cc1cccc(O[C@@H](C)C(=O)NNC(=O)[C@H](C)NS(=O)(=O)c2c(C)noc2C)c1C. The Morgan fingerprint density at radius 3 is 2.30 bits per heavy atom. The molecule has 11 heteroatoms. The number of carbonyl (C=O) groups is 2. The second kappa shape index (κ2) is 9.26. The molecule has 2 aromatic rings. The van der Waals surface area contributed by atoms with Gasteiger partial charge in [-0.25, -0.2) is 8.42 Å². The summed E-state index contributed by atoms with van der Waals surface area (Å²) in [6.07, 6.45) is -0.889. The zero-order valence-electron chi connectivity index (χ0n) is 17.7. The Morgan fingerprint density at radius 1 is 1.07 bits per heavy atom. The molecule has 0 fully saturated rings. The molecule has 0 saturated carbocycles. The number of hydrazine groups is 1. The van der Waals surface area contributed by atoms with Gasteiger partial charge in [-0.1, -0.05) is 17.3 Å². The number of amides is 2. The van der Waals surface area contributed by atoms with Crippen molar-refractivity contribution in [3.63, 3.8) is 0 Å². The lowest BCUT2D eigenvalue weighted by molar-refractivity contribution is -0.133. The first-order chi connectivity index (χ1) is 13.9. The molecule has 2 amide bonds. The van der Waals surface area contributed by atoms with Crippen LogP contribution in [0.3, 0.4) is 0 Å². The Bertz CT molecular complexity index is 1030. The van der Waals surface area contributed by atoms with E-state index in [2.05, 4.69) is 20.7 Å². The summed E-state index contributed by atoms with van der Waals surface area (Å²) < 4.78 is 37.6. The maximum absolute atomic E-state index is 12.5. The standard InChI is InChI=1S/C19H26N4O6S/c1-10-8-7-9-16(11(10)2)28-15(6)19(25)21-20-18(24)13(4)23-30(26,27)17-12(3)22-29-14(17)5/h7-9,13,15,23H,1-6H3,(H,20,24)(H,21,25)/t13-,15-/m0/s1. The van der Waals surface area contributed by atoms with Gasteiger partial charge in [0.2, 0.25) is 10.0 Å². The van der Waals surface area contributed by atoms with E-state index in [1.54, 1.807) is 6.07 Å². The zero-order valence-corrected chi connectivity index (χ0v) is 18.5. The molecule has 1 aromatic carbocycles. The minimum Gasteiger partial charge on any atom is -0.481 e. The van der Waals surface area contributed by atoms with Gasteiger partial charge < -0.3 is 9.26 Å². The molecular formula is C19H26N4O6S. The molecule has 0 spiro atoms. The van der Waals surface area contributed by atoms with Crippen LogP contribution in [0.5, 0.6) is 5.75 Å². The first-order valence-corrected chi connectivity index (χ1v) is 10.7. The van der Waals surface area contributed by atoms with E-state index >= 15 is 0 Å². The molecule has 10 nitrogen and oxygen atoms in total. The van der Waals surface area contributed by atoms with Crippen LogP contribution in [0.25, 0.3) is 0 Å². The Hall–Kier alpha value is -2.92. The Labute approximate surface area is 175 Å². The molecule has 3 N–H and O–H groups in total. The van der Waals surface area contributed by atoms with Crippen molar-refractivity contribution in [2.75, 3.05) is 0 Å². The third kappa shape index (κ3) is 5.36. The summed E-state index contributed by atoms with van der Waals surface area (Å²) in [7, 11) is -4.03. The van der Waals surface area contributed by atoms with E-state index in [9.17, 15) is 18.0 Å². The molecule has 2 rings (SSSR count). The second-order valence-corrected chi connectivity index (χ2v) is 8.58. The number of sulfonamides is 1. The summed E-state index contributed by atoms with van der Waals surface area (Å²) in [6, 6.07) is 4.32. The highest BCUT2D eigenvalue weighted by Gasteiger charge is 2.28. The Balaban J connectivity index is 1.92. The Morgan fingerprint density at radius 2 is 1.70 bits per heavy atom. The van der Waals surface area contributed by atoms with Crippen molar-refractivity contribution in [3.8, 4) is 5.75 Å². The van der Waals surface area contributed by atoms with Crippen molar-refractivity contribution in [2.24, 2.45) is 0 Å². The number of nitrogens with one attached hydrogen (secondary N) is 3. The van der Waals surface area contributed by atoms with Gasteiger partial charge in [0.05, 0.1) is 6.04 Å². The summed E-state index contributed by atoms with van der Waals surface area (Å²) in [5.74, 6) is -0.675. The number of nitrogens with zero attached hydrogens (tertiary/aromatic N) is 1. The third-order valence-corrected chi connectivity index (χ3v) is 6.28. The smallest absolute Gasteiger partial charge is 0.279 e. The van der Waals surface area contributed by atoms with E-state index in [0.717, 1.165) is 11.1 Å². The first-order valence-electron chi connectivity index (χ1n) is 9.21. The zero-order chi connectivity index (χ0) is 22.6. The predicted octanol–water partition coefficient (Wildman–Crippen LogP) is 1.19. The summed E-state index contributed by atoms with van der Waals surface area (Å²) in [5, 5.41) is 3.59. The van der Waals surface area contributed by atoms with Gasteiger partial charge >= 0.3 is 0 Å². The number of hydrogen-bond donors (Lipinski definition) is 3. The van der Waals surface area contributed by atoms with E-state index < -0.39 is 34.0 Å². The topological polar surface area (TPSA) is 140 Å². The molecule has 1 aromatic heterocycles. The fourth-order valence-electron chi connectivity index (χ4n) is 2.63. The highest BCUT2D eigenvalue weighted by Crippen LogP contribution is 2.22. The second-order valence-electron chi connectivity index (χ2n) is 6.93. The van der Waals surface area contributed by atoms with Crippen molar-refractivity contribution >= 4 is 21.8 Å². The Kier molecular flexibility index (Phi) is 7.21. The minimum absolute atomic E-state index is 0.110. The van der Waals surface area contributed by atoms with E-state index in [4.69, 9.17) is 9.26 Å². The largest absolute Gasteiger partial charge is 0.481 e. The van der Waals surface area contributed by atoms with Gasteiger partial charge in [0, 0.05) is 0 Å². The summed E-state index contributed by atoms with van der Waals surface area (Å²) >= 11 is 0. The van der Waals surface area contributed by atoms with Crippen LogP contribution < -0.4 is 20.3 Å². The number of ether oxygens (including phenoxy) is 1. The minimum atomic E-state index is -4.03. The highest BCUT2D eigenvalue weighted by molar-refractivity contribution is 7.89. The first kappa shape index (κ1) is 23.4. The third-order valence-electron chi connectivity index (χ3n) is 4.50. The van der Waals surface area contributed by atoms with Gasteiger partial charge in [-0.15, -0.1) is 0 Å². The van der Waals surface area contributed by atoms with E-state index in [-0.39, 0.29) is 16.3 Å². The molecule has 0 aliphatic heterocycles. The molecular weight excluding hydrogens is 412 g/mol. The number of aromatic nitrogens is 1. The van der Waals surface area contributed by atoms with E-state index in [1.165, 1.54) is 27.7 Å². The lowest BCUT2D eigenvalue weighted by atomic mass is 10.1. The molecule has 0 bridgehead atoms. The van der Waals surface area contributed by atoms with E-state index in [1.807, 2.05) is 26.0 Å². The fourth-order valence-corrected chi connectivity index (χ4v) is 4.16. The van der Waals surface area contributed by atoms with Crippen LogP contribution in [0.4, 0.5) is 0 Å². The number of rotatable bonds is 7. The fraction of sp³-hybridized carbons (Fsp3) is 0.421. The predicted molar refractivity (Wildman–Crippen MR) is 108 cm³/mol. The van der Waals surface area contributed by atoms with Crippen LogP contribution in [0.15, 0.2) is 27.6 Å². The lowest BCUT2D eigenvalue weighted by Crippen LogP contribution is -2.53. The number of carbonyl (C=O) groups excluding carboxylic acids is 2. The van der Waals surface area contributed by atoms with Crippen molar-refractivity contribution in [2.45, 2.75) is 58.6 Å². The van der Waals surface area contributed by atoms with Crippen LogP contribution >= 0.6 is 0 Å². The van der Waals surface area contributed by atoms with Gasteiger partial charge in [-0.3, -0.25) is 20.4 Å². The molecule has 164 valence electrons. The molecule has 0 radical (unpaired) electrons. The van der Waals surface area contributed by atoms with Crippen molar-refractivity contribution in [3.05, 3.63) is 40.8 Å². The van der Waals surface area contributed by atoms with Crippen molar-refractivity contribution in [1.29, 1.82) is 0 Å². The lowest BCUT2D eigenvalue weighted by Gasteiger charge is -2.18. The molecule has 2 atom stereocenters. The monoisotopic (exact) mass is 438 g/mol. The molecule has 0 unspecified atom stereocenters. The maximum atomic E-state index is 12.5. The molecule has 30 heavy (non-hydrogen) atoms. The highest BCUT2D eigenvalue weighted by atomic mass is 32.2. The van der Waals surface area contributed by atoms with Crippen LogP contribution in [0.1, 0.15) is 36.4 Å². The summed E-state index contributed by atoms with van der Waals surface area (Å²) in [6.45, 7) is 9.62. The summed E-state index contributed by atoms with van der Waals surface area (Å²) in [4.78, 5) is 24.3.